The minimum Gasteiger partial charge on any atom is -0.325 e. The predicted octanol–water partition coefficient (Wildman–Crippen LogP) is 2.09. The van der Waals surface area contributed by atoms with E-state index in [2.05, 4.69) is 33.2 Å². The zero-order chi connectivity index (χ0) is 11.3. The van der Waals surface area contributed by atoms with Gasteiger partial charge in [0.2, 0.25) is 5.91 Å². The van der Waals surface area contributed by atoms with E-state index in [9.17, 15) is 4.79 Å². The number of benzene rings is 1. The monoisotopic (exact) mass is 318 g/mol. The van der Waals surface area contributed by atoms with E-state index in [1.807, 2.05) is 38.2 Å². The third-order valence-electron chi connectivity index (χ3n) is 2.09. The molecule has 1 amide bonds. The van der Waals surface area contributed by atoms with E-state index in [1.165, 1.54) is 0 Å². The van der Waals surface area contributed by atoms with Crippen LogP contribution < -0.4 is 10.6 Å². The second-order valence-electron chi connectivity index (χ2n) is 3.43. The number of hydrogen-bond acceptors (Lipinski definition) is 2. The quantitative estimate of drug-likeness (QED) is 0.835. The molecule has 0 bridgehead atoms. The van der Waals surface area contributed by atoms with Gasteiger partial charge in [-0.15, -0.1) is 0 Å². The molecule has 0 aromatic heterocycles. The molecule has 3 nitrogen and oxygen atoms in total. The van der Waals surface area contributed by atoms with Gasteiger partial charge in [0.1, 0.15) is 0 Å². The van der Waals surface area contributed by atoms with Gasteiger partial charge in [0.05, 0.1) is 5.69 Å². The number of carbonyl (C=O) groups is 1. The summed E-state index contributed by atoms with van der Waals surface area (Å²) in [5.74, 6) is 0.0273. The lowest BCUT2D eigenvalue weighted by molar-refractivity contribution is -0.119. The number of nitrogens with one attached hydrogen (secondary N) is 2. The van der Waals surface area contributed by atoms with Crippen LogP contribution in [0.4, 0.5) is 5.69 Å². The fourth-order valence-electron chi connectivity index (χ4n) is 1.22. The van der Waals surface area contributed by atoms with E-state index in [-0.39, 0.29) is 11.8 Å². The van der Waals surface area contributed by atoms with Crippen LogP contribution in [0.15, 0.2) is 24.3 Å². The van der Waals surface area contributed by atoms with Gasteiger partial charge >= 0.3 is 0 Å². The standard InChI is InChI=1S/C11H15IN2O/c1-8(7-13-2)11(15)14-10-6-4-3-5-9(10)12/h3-6,8,13H,7H2,1-2H3,(H,14,15). The maximum Gasteiger partial charge on any atom is 0.228 e. The van der Waals surface area contributed by atoms with E-state index in [4.69, 9.17) is 0 Å². The molecule has 0 heterocycles. The maximum absolute atomic E-state index is 11.7. The molecule has 1 rings (SSSR count). The van der Waals surface area contributed by atoms with Crippen molar-refractivity contribution < 1.29 is 4.79 Å². The van der Waals surface area contributed by atoms with Crippen molar-refractivity contribution in [3.8, 4) is 0 Å². The van der Waals surface area contributed by atoms with Crippen molar-refractivity contribution in [3.05, 3.63) is 27.8 Å². The van der Waals surface area contributed by atoms with Crippen LogP contribution in [-0.4, -0.2) is 19.5 Å². The first kappa shape index (κ1) is 12.4. The first-order valence-corrected chi connectivity index (χ1v) is 5.93. The van der Waals surface area contributed by atoms with Gasteiger partial charge in [0.15, 0.2) is 0 Å². The number of halogens is 1. The summed E-state index contributed by atoms with van der Waals surface area (Å²) in [4.78, 5) is 11.7. The van der Waals surface area contributed by atoms with Crippen LogP contribution in [0.1, 0.15) is 6.92 Å². The average molecular weight is 318 g/mol. The number of para-hydroxylation sites is 1. The molecule has 15 heavy (non-hydrogen) atoms. The minimum atomic E-state index is -0.0222. The summed E-state index contributed by atoms with van der Waals surface area (Å²) in [6, 6.07) is 7.75. The van der Waals surface area contributed by atoms with Crippen molar-refractivity contribution in [3.63, 3.8) is 0 Å². The molecule has 1 atom stereocenters. The summed E-state index contributed by atoms with van der Waals surface area (Å²) in [6.45, 7) is 2.59. The molecule has 82 valence electrons. The Balaban J connectivity index is 2.62. The van der Waals surface area contributed by atoms with Gasteiger partial charge in [-0.05, 0) is 41.8 Å². The van der Waals surface area contributed by atoms with Gasteiger partial charge in [-0.1, -0.05) is 19.1 Å². The highest BCUT2D eigenvalue weighted by Crippen LogP contribution is 2.17. The van der Waals surface area contributed by atoms with Crippen molar-refractivity contribution in [2.24, 2.45) is 5.92 Å². The molecule has 4 heteroatoms. The highest BCUT2D eigenvalue weighted by atomic mass is 127. The maximum atomic E-state index is 11.7. The second kappa shape index (κ2) is 6.07. The first-order chi connectivity index (χ1) is 7.15. The largest absolute Gasteiger partial charge is 0.325 e. The zero-order valence-corrected chi connectivity index (χ0v) is 11.0. The van der Waals surface area contributed by atoms with Gasteiger partial charge in [0.25, 0.3) is 0 Å². The summed E-state index contributed by atoms with van der Waals surface area (Å²) in [5, 5.41) is 5.89. The number of amides is 1. The lowest BCUT2D eigenvalue weighted by atomic mass is 10.1. The van der Waals surface area contributed by atoms with E-state index >= 15 is 0 Å². The topological polar surface area (TPSA) is 41.1 Å². The molecular weight excluding hydrogens is 303 g/mol. The lowest BCUT2D eigenvalue weighted by Gasteiger charge is -2.12. The Bertz CT molecular complexity index is 341. The fraction of sp³-hybridized carbons (Fsp3) is 0.364. The van der Waals surface area contributed by atoms with Crippen LogP contribution in [0.5, 0.6) is 0 Å². The van der Waals surface area contributed by atoms with Crippen LogP contribution >= 0.6 is 22.6 Å². The number of hydrogen-bond donors (Lipinski definition) is 2. The van der Waals surface area contributed by atoms with Crippen molar-refractivity contribution >= 4 is 34.2 Å². The molecule has 0 aliphatic heterocycles. The Kier molecular flexibility index (Phi) is 5.04. The Morgan fingerprint density at radius 1 is 1.47 bits per heavy atom. The molecule has 0 saturated carbocycles. The molecule has 0 spiro atoms. The Morgan fingerprint density at radius 2 is 2.13 bits per heavy atom. The first-order valence-electron chi connectivity index (χ1n) is 4.85. The molecule has 0 saturated heterocycles. The lowest BCUT2D eigenvalue weighted by Crippen LogP contribution is -2.28. The van der Waals surface area contributed by atoms with E-state index in [0.29, 0.717) is 6.54 Å². The number of carbonyl (C=O) groups excluding carboxylic acids is 1. The van der Waals surface area contributed by atoms with E-state index < -0.39 is 0 Å². The molecule has 2 N–H and O–H groups in total. The molecule has 0 radical (unpaired) electrons. The highest BCUT2D eigenvalue weighted by molar-refractivity contribution is 14.1. The number of rotatable bonds is 4. The number of anilines is 1. The molecular formula is C11H15IN2O. The van der Waals surface area contributed by atoms with Gasteiger partial charge < -0.3 is 10.6 Å². The Morgan fingerprint density at radius 3 is 2.73 bits per heavy atom. The highest BCUT2D eigenvalue weighted by Gasteiger charge is 2.12. The van der Waals surface area contributed by atoms with Gasteiger partial charge in [-0.3, -0.25) is 4.79 Å². The Hall–Kier alpha value is -0.620. The summed E-state index contributed by atoms with van der Waals surface area (Å²) in [6.07, 6.45) is 0. The Labute approximate surface area is 104 Å². The van der Waals surface area contributed by atoms with Gasteiger partial charge in [0, 0.05) is 16.0 Å². The van der Waals surface area contributed by atoms with E-state index in [1.54, 1.807) is 0 Å². The molecule has 1 unspecified atom stereocenters. The second-order valence-corrected chi connectivity index (χ2v) is 4.59. The SMILES string of the molecule is CNCC(C)C(=O)Nc1ccccc1I. The van der Waals surface area contributed by atoms with Crippen molar-refractivity contribution in [1.82, 2.24) is 5.32 Å². The van der Waals surface area contributed by atoms with Crippen LogP contribution in [0, 0.1) is 9.49 Å². The fourth-order valence-corrected chi connectivity index (χ4v) is 1.74. The van der Waals surface area contributed by atoms with Crippen molar-refractivity contribution in [2.75, 3.05) is 18.9 Å². The van der Waals surface area contributed by atoms with Crippen LogP contribution in [0.2, 0.25) is 0 Å². The molecule has 0 aliphatic rings. The molecule has 1 aromatic rings. The summed E-state index contributed by atoms with van der Waals surface area (Å²) < 4.78 is 1.06. The zero-order valence-electron chi connectivity index (χ0n) is 8.88. The summed E-state index contributed by atoms with van der Waals surface area (Å²) in [7, 11) is 1.84. The van der Waals surface area contributed by atoms with Gasteiger partial charge in [-0.2, -0.15) is 0 Å². The van der Waals surface area contributed by atoms with Crippen LogP contribution in [0.25, 0.3) is 0 Å². The normalized spacial score (nSPS) is 12.2. The predicted molar refractivity (Wildman–Crippen MR) is 70.9 cm³/mol. The average Bonchev–Trinajstić information content (AvgIpc) is 2.21. The molecule has 0 fully saturated rings. The van der Waals surface area contributed by atoms with Crippen molar-refractivity contribution in [1.29, 1.82) is 0 Å². The third kappa shape index (κ3) is 3.79. The molecule has 0 aliphatic carbocycles. The van der Waals surface area contributed by atoms with Crippen molar-refractivity contribution in [2.45, 2.75) is 6.92 Å². The summed E-state index contributed by atoms with van der Waals surface area (Å²) in [5.41, 5.74) is 0.881. The minimum absolute atomic E-state index is 0.0222. The molecule has 1 aromatic carbocycles. The summed E-state index contributed by atoms with van der Waals surface area (Å²) >= 11 is 2.21. The smallest absolute Gasteiger partial charge is 0.228 e. The van der Waals surface area contributed by atoms with Gasteiger partial charge in [-0.25, -0.2) is 0 Å². The third-order valence-corrected chi connectivity index (χ3v) is 3.03. The van der Waals surface area contributed by atoms with E-state index in [0.717, 1.165) is 9.26 Å². The van der Waals surface area contributed by atoms with Crippen LogP contribution in [0.3, 0.4) is 0 Å². The van der Waals surface area contributed by atoms with Crippen LogP contribution in [-0.2, 0) is 4.79 Å².